The van der Waals surface area contributed by atoms with E-state index in [2.05, 4.69) is 187 Å². The molecule has 0 atom stereocenters. The molecule has 0 amide bonds. The van der Waals surface area contributed by atoms with Gasteiger partial charge in [-0.05, 0) is 86.9 Å². The molecule has 9 aromatic carbocycles. The number of hydrogen-bond acceptors (Lipinski definition) is 3. The Morgan fingerprint density at radius 1 is 0.396 bits per heavy atom. The molecule has 2 aromatic heterocycles. The molecule has 248 valence electrons. The van der Waals surface area contributed by atoms with Gasteiger partial charge in [-0.25, -0.2) is 0 Å². The number of benzene rings is 9. The minimum Gasteiger partial charge on any atom is -0.454 e. The molecule has 0 saturated carbocycles. The molecule has 11 aromatic rings. The van der Waals surface area contributed by atoms with E-state index in [1.165, 1.54) is 58.4 Å². The van der Waals surface area contributed by atoms with Crippen LogP contribution in [-0.4, -0.2) is 0 Å². The van der Waals surface area contributed by atoms with Crippen LogP contribution in [0.15, 0.2) is 192 Å². The molecule has 2 nitrogen and oxygen atoms in total. The van der Waals surface area contributed by atoms with Crippen molar-refractivity contribution in [1.29, 1.82) is 0 Å². The number of thiophene rings is 1. The van der Waals surface area contributed by atoms with Gasteiger partial charge in [0.2, 0.25) is 0 Å². The van der Waals surface area contributed by atoms with Crippen LogP contribution in [0.4, 0.5) is 17.1 Å². The van der Waals surface area contributed by atoms with Gasteiger partial charge in [0.1, 0.15) is 5.58 Å². The van der Waals surface area contributed by atoms with Crippen LogP contribution in [0.2, 0.25) is 0 Å². The summed E-state index contributed by atoms with van der Waals surface area (Å²) in [6, 6.07) is 68.1. The maximum atomic E-state index is 6.79. The van der Waals surface area contributed by atoms with Crippen molar-refractivity contribution in [3.8, 4) is 22.3 Å². The van der Waals surface area contributed by atoms with Crippen molar-refractivity contribution < 1.29 is 4.42 Å². The quantitative estimate of drug-likeness (QED) is 0.167. The smallest absolute Gasteiger partial charge is 0.159 e. The topological polar surface area (TPSA) is 16.4 Å². The summed E-state index contributed by atoms with van der Waals surface area (Å²) in [5.74, 6) is 0. The summed E-state index contributed by atoms with van der Waals surface area (Å²) in [6.07, 6.45) is 0. The second-order valence-electron chi connectivity index (χ2n) is 13.7. The van der Waals surface area contributed by atoms with E-state index < -0.39 is 0 Å². The Balaban J connectivity index is 1.27. The average Bonchev–Trinajstić information content (AvgIpc) is 3.80. The molecule has 0 aliphatic heterocycles. The van der Waals surface area contributed by atoms with Crippen LogP contribution in [0.5, 0.6) is 0 Å². The summed E-state index contributed by atoms with van der Waals surface area (Å²) in [5.41, 5.74) is 9.62. The van der Waals surface area contributed by atoms with Gasteiger partial charge < -0.3 is 9.32 Å². The second-order valence-corrected chi connectivity index (χ2v) is 14.7. The van der Waals surface area contributed by atoms with Crippen LogP contribution in [0.1, 0.15) is 0 Å². The molecule has 0 spiro atoms. The van der Waals surface area contributed by atoms with E-state index in [0.717, 1.165) is 44.6 Å². The van der Waals surface area contributed by atoms with Crippen LogP contribution in [-0.2, 0) is 0 Å². The normalized spacial score (nSPS) is 11.8. The lowest BCUT2D eigenvalue weighted by molar-refractivity contribution is 0.669. The number of furan rings is 1. The zero-order chi connectivity index (χ0) is 34.9. The summed E-state index contributed by atoms with van der Waals surface area (Å²) in [7, 11) is 0. The Kier molecular flexibility index (Phi) is 6.76. The Hall–Kier alpha value is -6.68. The summed E-state index contributed by atoms with van der Waals surface area (Å²) in [4.78, 5) is 2.43. The minimum absolute atomic E-state index is 0.864. The van der Waals surface area contributed by atoms with Crippen molar-refractivity contribution in [3.05, 3.63) is 188 Å². The Morgan fingerprint density at radius 2 is 1.06 bits per heavy atom. The number of nitrogens with zero attached hydrogens (tertiary/aromatic N) is 1. The predicted molar refractivity (Wildman–Crippen MR) is 227 cm³/mol. The maximum absolute atomic E-state index is 6.79. The zero-order valence-electron chi connectivity index (χ0n) is 28.7. The van der Waals surface area contributed by atoms with Crippen molar-refractivity contribution in [2.75, 3.05) is 4.90 Å². The summed E-state index contributed by atoms with van der Waals surface area (Å²) in [5, 5.41) is 9.63. The lowest BCUT2D eigenvalue weighted by Crippen LogP contribution is -2.11. The maximum Gasteiger partial charge on any atom is 0.159 e. The number of rotatable bonds is 5. The largest absolute Gasteiger partial charge is 0.454 e. The van der Waals surface area contributed by atoms with Gasteiger partial charge in [0, 0.05) is 42.0 Å². The van der Waals surface area contributed by atoms with E-state index in [4.69, 9.17) is 4.42 Å². The van der Waals surface area contributed by atoms with Gasteiger partial charge in [-0.2, -0.15) is 0 Å². The molecule has 53 heavy (non-hydrogen) atoms. The molecule has 0 radical (unpaired) electrons. The van der Waals surface area contributed by atoms with Crippen LogP contribution < -0.4 is 4.90 Å². The van der Waals surface area contributed by atoms with Gasteiger partial charge in [0.15, 0.2) is 5.58 Å². The minimum atomic E-state index is 0.864. The van der Waals surface area contributed by atoms with Crippen LogP contribution in [0.25, 0.3) is 85.9 Å². The van der Waals surface area contributed by atoms with Gasteiger partial charge in [-0.15, -0.1) is 11.3 Å². The van der Waals surface area contributed by atoms with Gasteiger partial charge >= 0.3 is 0 Å². The third-order valence-corrected chi connectivity index (χ3v) is 11.7. The summed E-state index contributed by atoms with van der Waals surface area (Å²) in [6.45, 7) is 0. The lowest BCUT2D eigenvalue weighted by atomic mass is 9.94. The molecule has 0 N–H and O–H groups in total. The van der Waals surface area contributed by atoms with Crippen molar-refractivity contribution >= 4 is 92.1 Å². The number of para-hydroxylation sites is 2. The van der Waals surface area contributed by atoms with Crippen LogP contribution in [0, 0.1) is 0 Å². The SMILES string of the molecule is c1ccc(-c2cc(-c3cccc4sc5ccccc5c34)cc(N(c3cc4ccccc4c4ccccc34)c3cccc4c3oc3ccccc34)c2)cc1. The third kappa shape index (κ3) is 4.78. The molecule has 0 unspecified atom stereocenters. The zero-order valence-corrected chi connectivity index (χ0v) is 29.5. The van der Waals surface area contributed by atoms with Crippen molar-refractivity contribution in [1.82, 2.24) is 0 Å². The third-order valence-electron chi connectivity index (χ3n) is 10.6. The first-order chi connectivity index (χ1) is 26.3. The first-order valence-electron chi connectivity index (χ1n) is 18.0. The fraction of sp³-hybridized carbons (Fsp3) is 0. The van der Waals surface area contributed by atoms with E-state index in [1.54, 1.807) is 0 Å². The van der Waals surface area contributed by atoms with Gasteiger partial charge in [-0.1, -0.05) is 140 Å². The highest BCUT2D eigenvalue weighted by Crippen LogP contribution is 2.48. The fourth-order valence-electron chi connectivity index (χ4n) is 8.24. The lowest BCUT2D eigenvalue weighted by Gasteiger charge is -2.29. The van der Waals surface area contributed by atoms with Crippen molar-refractivity contribution in [2.24, 2.45) is 0 Å². The molecular weight excluding hydrogens is 663 g/mol. The Labute approximate surface area is 310 Å². The van der Waals surface area contributed by atoms with Crippen molar-refractivity contribution in [3.63, 3.8) is 0 Å². The fourth-order valence-corrected chi connectivity index (χ4v) is 9.38. The van der Waals surface area contributed by atoms with E-state index in [9.17, 15) is 0 Å². The molecule has 0 aliphatic rings. The highest BCUT2D eigenvalue weighted by molar-refractivity contribution is 7.25. The van der Waals surface area contributed by atoms with E-state index in [-0.39, 0.29) is 0 Å². The van der Waals surface area contributed by atoms with Gasteiger partial charge in [0.05, 0.1) is 11.4 Å². The summed E-state index contributed by atoms with van der Waals surface area (Å²) >= 11 is 1.86. The Morgan fingerprint density at radius 3 is 1.94 bits per heavy atom. The molecule has 0 fully saturated rings. The molecule has 11 rings (SSSR count). The van der Waals surface area contributed by atoms with E-state index in [0.29, 0.717) is 0 Å². The van der Waals surface area contributed by atoms with Crippen molar-refractivity contribution in [2.45, 2.75) is 0 Å². The van der Waals surface area contributed by atoms with E-state index >= 15 is 0 Å². The average molecular weight is 694 g/mol. The van der Waals surface area contributed by atoms with Gasteiger partial charge in [0.25, 0.3) is 0 Å². The first-order valence-corrected chi connectivity index (χ1v) is 18.8. The predicted octanol–water partition coefficient (Wildman–Crippen LogP) is 15.1. The monoisotopic (exact) mass is 693 g/mol. The van der Waals surface area contributed by atoms with Crippen LogP contribution >= 0.6 is 11.3 Å². The van der Waals surface area contributed by atoms with Gasteiger partial charge in [-0.3, -0.25) is 0 Å². The Bertz CT molecular complexity index is 3190. The molecule has 0 saturated heterocycles. The highest BCUT2D eigenvalue weighted by atomic mass is 32.1. The highest BCUT2D eigenvalue weighted by Gasteiger charge is 2.24. The number of hydrogen-bond donors (Lipinski definition) is 0. The first kappa shape index (κ1) is 30.0. The molecule has 2 heterocycles. The molecule has 3 heteroatoms. The molecule has 0 bridgehead atoms. The number of anilines is 3. The number of fused-ring (bicyclic) bond motifs is 9. The standard InChI is InChI=1S/C50H31NOS/c1-2-14-32(15-3-1)34-28-35(38-22-13-27-48-49(38)43-21-9-11-26-47(43)53-48)30-36(29-34)51(44-24-12-23-42-41-20-8-10-25-46(41)52-50(42)44)45-31-33-16-4-5-17-37(33)39-18-6-7-19-40(39)45/h1-31H. The second kappa shape index (κ2) is 11.9. The van der Waals surface area contributed by atoms with E-state index in [1.807, 2.05) is 17.4 Å². The van der Waals surface area contributed by atoms with Crippen LogP contribution in [0.3, 0.4) is 0 Å². The summed E-state index contributed by atoms with van der Waals surface area (Å²) < 4.78 is 9.38. The molecule has 0 aliphatic carbocycles. The molecular formula is C50H31NOS.